The van der Waals surface area contributed by atoms with Crippen LogP contribution in [0.25, 0.3) is 0 Å². The van der Waals surface area contributed by atoms with Crippen molar-refractivity contribution >= 4 is 0 Å². The zero-order valence-electron chi connectivity index (χ0n) is 12.0. The van der Waals surface area contributed by atoms with Crippen molar-refractivity contribution in [3.63, 3.8) is 0 Å². The lowest BCUT2D eigenvalue weighted by atomic mass is 10.1. The Morgan fingerprint density at radius 3 is 2.53 bits per heavy atom. The highest BCUT2D eigenvalue weighted by Gasteiger charge is 2.09. The molecule has 0 aliphatic heterocycles. The summed E-state index contributed by atoms with van der Waals surface area (Å²) in [6.07, 6.45) is 3.92. The van der Waals surface area contributed by atoms with E-state index in [0.29, 0.717) is 0 Å². The van der Waals surface area contributed by atoms with Gasteiger partial charge >= 0.3 is 0 Å². The third-order valence-corrected chi connectivity index (χ3v) is 2.98. The number of imidazole rings is 1. The number of hydrogen-bond donors (Lipinski definition) is 2. The van der Waals surface area contributed by atoms with Crippen LogP contribution in [0.15, 0.2) is 36.5 Å². The van der Waals surface area contributed by atoms with E-state index in [1.54, 1.807) is 0 Å². The standard InChI is InChI=1S/C16H23N3/c1-16(2,3)18-12-14-11-17-15(19-14)10-9-13-7-5-4-6-8-13/h4-8,11,18H,9-10,12H2,1-3H3,(H,17,19). The van der Waals surface area contributed by atoms with Crippen LogP contribution in [-0.2, 0) is 19.4 Å². The van der Waals surface area contributed by atoms with Crippen LogP contribution in [0.3, 0.4) is 0 Å². The van der Waals surface area contributed by atoms with Crippen LogP contribution in [0.5, 0.6) is 0 Å². The SMILES string of the molecule is CC(C)(C)NCc1cnc(CCc2ccccc2)[nH]1. The van der Waals surface area contributed by atoms with Crippen LogP contribution >= 0.6 is 0 Å². The fourth-order valence-corrected chi connectivity index (χ4v) is 1.89. The topological polar surface area (TPSA) is 40.7 Å². The van der Waals surface area contributed by atoms with E-state index in [-0.39, 0.29) is 5.54 Å². The van der Waals surface area contributed by atoms with Crippen LogP contribution in [0.1, 0.15) is 37.9 Å². The zero-order valence-corrected chi connectivity index (χ0v) is 12.0. The summed E-state index contributed by atoms with van der Waals surface area (Å²) < 4.78 is 0. The zero-order chi connectivity index (χ0) is 13.7. The van der Waals surface area contributed by atoms with Gasteiger partial charge in [-0.25, -0.2) is 4.98 Å². The first-order valence-corrected chi connectivity index (χ1v) is 6.85. The molecule has 1 aromatic carbocycles. The van der Waals surface area contributed by atoms with E-state index in [1.165, 1.54) is 5.56 Å². The molecule has 2 rings (SSSR count). The van der Waals surface area contributed by atoms with Crippen LogP contribution in [0, 0.1) is 0 Å². The Labute approximate surface area is 115 Å². The Kier molecular flexibility index (Phi) is 4.38. The van der Waals surface area contributed by atoms with Crippen molar-refractivity contribution in [1.82, 2.24) is 15.3 Å². The first kappa shape index (κ1) is 13.8. The van der Waals surface area contributed by atoms with Crippen molar-refractivity contribution < 1.29 is 0 Å². The number of benzene rings is 1. The molecule has 0 bridgehead atoms. The molecule has 0 atom stereocenters. The minimum absolute atomic E-state index is 0.134. The second kappa shape index (κ2) is 6.02. The number of rotatable bonds is 5. The largest absolute Gasteiger partial charge is 0.345 e. The Morgan fingerprint density at radius 2 is 1.84 bits per heavy atom. The minimum atomic E-state index is 0.134. The average molecular weight is 257 g/mol. The molecule has 19 heavy (non-hydrogen) atoms. The third-order valence-electron chi connectivity index (χ3n) is 2.98. The molecule has 3 heteroatoms. The number of nitrogens with one attached hydrogen (secondary N) is 2. The molecule has 0 radical (unpaired) electrons. The van der Waals surface area contributed by atoms with Gasteiger partial charge < -0.3 is 10.3 Å². The van der Waals surface area contributed by atoms with Gasteiger partial charge in [-0.1, -0.05) is 30.3 Å². The second-order valence-corrected chi connectivity index (χ2v) is 5.94. The molecule has 0 unspecified atom stereocenters. The normalized spacial score (nSPS) is 11.7. The lowest BCUT2D eigenvalue weighted by Gasteiger charge is -2.19. The lowest BCUT2D eigenvalue weighted by Crippen LogP contribution is -2.35. The summed E-state index contributed by atoms with van der Waals surface area (Å²) in [4.78, 5) is 7.82. The first-order valence-electron chi connectivity index (χ1n) is 6.85. The third kappa shape index (κ3) is 4.87. The Morgan fingerprint density at radius 1 is 1.11 bits per heavy atom. The van der Waals surface area contributed by atoms with E-state index in [4.69, 9.17) is 0 Å². The highest BCUT2D eigenvalue weighted by molar-refractivity contribution is 5.15. The maximum atomic E-state index is 4.44. The minimum Gasteiger partial charge on any atom is -0.345 e. The van der Waals surface area contributed by atoms with Crippen LogP contribution in [-0.4, -0.2) is 15.5 Å². The Hall–Kier alpha value is -1.61. The Bertz CT molecular complexity index is 494. The lowest BCUT2D eigenvalue weighted by molar-refractivity contribution is 0.421. The fraction of sp³-hybridized carbons (Fsp3) is 0.438. The van der Waals surface area contributed by atoms with Gasteiger partial charge in [0.1, 0.15) is 5.82 Å². The molecule has 2 aromatic rings. The second-order valence-electron chi connectivity index (χ2n) is 5.94. The molecule has 0 saturated carbocycles. The molecule has 0 aliphatic rings. The smallest absolute Gasteiger partial charge is 0.106 e. The average Bonchev–Trinajstić information content (AvgIpc) is 2.82. The summed E-state index contributed by atoms with van der Waals surface area (Å²) in [5.74, 6) is 1.06. The molecule has 1 heterocycles. The summed E-state index contributed by atoms with van der Waals surface area (Å²) in [7, 11) is 0. The van der Waals surface area contributed by atoms with E-state index in [9.17, 15) is 0 Å². The van der Waals surface area contributed by atoms with Gasteiger partial charge in [0.05, 0.1) is 0 Å². The summed E-state index contributed by atoms with van der Waals surface area (Å²) in [6.45, 7) is 7.33. The van der Waals surface area contributed by atoms with Gasteiger partial charge in [-0.3, -0.25) is 0 Å². The van der Waals surface area contributed by atoms with Crippen molar-refractivity contribution in [2.45, 2.75) is 45.7 Å². The van der Waals surface area contributed by atoms with Gasteiger partial charge in [-0.15, -0.1) is 0 Å². The first-order chi connectivity index (χ1) is 9.03. The molecule has 0 amide bonds. The summed E-state index contributed by atoms with van der Waals surface area (Å²) in [6, 6.07) is 10.5. The molecule has 0 fully saturated rings. The highest BCUT2D eigenvalue weighted by Crippen LogP contribution is 2.06. The van der Waals surface area contributed by atoms with Gasteiger partial charge in [0, 0.05) is 30.4 Å². The molecule has 0 saturated heterocycles. The van der Waals surface area contributed by atoms with Gasteiger partial charge in [-0.2, -0.15) is 0 Å². The number of aryl methyl sites for hydroxylation is 2. The molecule has 0 aliphatic carbocycles. The van der Waals surface area contributed by atoms with Gasteiger partial charge in [0.25, 0.3) is 0 Å². The predicted octanol–water partition coefficient (Wildman–Crippen LogP) is 3.08. The van der Waals surface area contributed by atoms with Crippen molar-refractivity contribution in [3.8, 4) is 0 Å². The molecule has 0 spiro atoms. The fourth-order valence-electron chi connectivity index (χ4n) is 1.89. The number of hydrogen-bond acceptors (Lipinski definition) is 2. The van der Waals surface area contributed by atoms with Crippen LogP contribution < -0.4 is 5.32 Å². The van der Waals surface area contributed by atoms with Crippen molar-refractivity contribution in [1.29, 1.82) is 0 Å². The number of H-pyrrole nitrogens is 1. The summed E-state index contributed by atoms with van der Waals surface area (Å²) >= 11 is 0. The van der Waals surface area contributed by atoms with Crippen molar-refractivity contribution in [2.75, 3.05) is 0 Å². The van der Waals surface area contributed by atoms with Crippen LogP contribution in [0.2, 0.25) is 0 Å². The van der Waals surface area contributed by atoms with Gasteiger partial charge in [0.15, 0.2) is 0 Å². The van der Waals surface area contributed by atoms with E-state index >= 15 is 0 Å². The monoisotopic (exact) mass is 257 g/mol. The van der Waals surface area contributed by atoms with E-state index in [0.717, 1.165) is 30.9 Å². The maximum Gasteiger partial charge on any atom is 0.106 e. The molecule has 102 valence electrons. The van der Waals surface area contributed by atoms with Gasteiger partial charge in [0.2, 0.25) is 0 Å². The van der Waals surface area contributed by atoms with Gasteiger partial charge in [-0.05, 0) is 32.8 Å². The number of aromatic nitrogens is 2. The molecular formula is C16H23N3. The molecule has 2 N–H and O–H groups in total. The van der Waals surface area contributed by atoms with Crippen molar-refractivity contribution in [2.24, 2.45) is 0 Å². The number of nitrogens with zero attached hydrogens (tertiary/aromatic N) is 1. The molecule has 3 nitrogen and oxygen atoms in total. The maximum absolute atomic E-state index is 4.44. The quantitative estimate of drug-likeness (QED) is 0.864. The van der Waals surface area contributed by atoms with E-state index < -0.39 is 0 Å². The molecule has 1 aromatic heterocycles. The van der Waals surface area contributed by atoms with Crippen molar-refractivity contribution in [3.05, 3.63) is 53.6 Å². The number of aromatic amines is 1. The van der Waals surface area contributed by atoms with E-state index in [1.807, 2.05) is 12.3 Å². The Balaban J connectivity index is 1.84. The highest BCUT2D eigenvalue weighted by atomic mass is 15.0. The summed E-state index contributed by atoms with van der Waals surface area (Å²) in [5.41, 5.74) is 2.64. The summed E-state index contributed by atoms with van der Waals surface area (Å²) in [5, 5.41) is 3.45. The van der Waals surface area contributed by atoms with E-state index in [2.05, 4.69) is 60.3 Å². The molecular weight excluding hydrogens is 234 g/mol. The van der Waals surface area contributed by atoms with Crippen LogP contribution in [0.4, 0.5) is 0 Å². The predicted molar refractivity (Wildman–Crippen MR) is 79.0 cm³/mol.